The van der Waals surface area contributed by atoms with E-state index in [1.165, 1.54) is 0 Å². The predicted octanol–water partition coefficient (Wildman–Crippen LogP) is 3.29. The molecule has 166 valence electrons. The Labute approximate surface area is 191 Å². The van der Waals surface area contributed by atoms with E-state index in [-0.39, 0.29) is 42.0 Å². The minimum Gasteiger partial charge on any atom is -0.353 e. The minimum atomic E-state index is -0.740. The molecule has 1 saturated heterocycles. The highest BCUT2D eigenvalue weighted by molar-refractivity contribution is 8.18. The zero-order valence-electron chi connectivity index (χ0n) is 17.9. The van der Waals surface area contributed by atoms with Gasteiger partial charge in [-0.25, -0.2) is 0 Å². The fourth-order valence-electron chi connectivity index (χ4n) is 3.14. The molecule has 1 heterocycles. The first-order valence-electron chi connectivity index (χ1n) is 10.3. The van der Waals surface area contributed by atoms with E-state index in [0.29, 0.717) is 10.5 Å². The van der Waals surface area contributed by atoms with Gasteiger partial charge in [0.1, 0.15) is 6.04 Å². The molecular formula is C24H25N3O4S. The van der Waals surface area contributed by atoms with E-state index in [1.807, 2.05) is 50.2 Å². The molecule has 2 N–H and O–H groups in total. The summed E-state index contributed by atoms with van der Waals surface area (Å²) >= 11 is 0.882. The van der Waals surface area contributed by atoms with Crippen LogP contribution < -0.4 is 10.6 Å². The molecule has 1 unspecified atom stereocenters. The van der Waals surface area contributed by atoms with Crippen LogP contribution in [0.25, 0.3) is 6.08 Å². The fraction of sp³-hybridized carbons (Fsp3) is 0.250. The number of rotatable bonds is 8. The van der Waals surface area contributed by atoms with Crippen LogP contribution in [0.1, 0.15) is 29.8 Å². The Morgan fingerprint density at radius 2 is 1.62 bits per heavy atom. The lowest BCUT2D eigenvalue weighted by molar-refractivity contribution is -0.125. The summed E-state index contributed by atoms with van der Waals surface area (Å²) in [7, 11) is 0. The number of hydrogen-bond acceptors (Lipinski definition) is 5. The van der Waals surface area contributed by atoms with Crippen LogP contribution in [0.3, 0.4) is 0 Å². The van der Waals surface area contributed by atoms with Crippen molar-refractivity contribution in [3.8, 4) is 0 Å². The molecule has 1 fully saturated rings. The Balaban J connectivity index is 1.55. The number of nitrogens with zero attached hydrogens (tertiary/aromatic N) is 1. The maximum Gasteiger partial charge on any atom is 0.293 e. The van der Waals surface area contributed by atoms with Crippen molar-refractivity contribution in [3.63, 3.8) is 0 Å². The van der Waals surface area contributed by atoms with Crippen molar-refractivity contribution in [1.82, 2.24) is 15.5 Å². The van der Waals surface area contributed by atoms with Crippen LogP contribution >= 0.6 is 11.8 Å². The molecule has 1 aliphatic rings. The van der Waals surface area contributed by atoms with Gasteiger partial charge in [-0.15, -0.1) is 0 Å². The third-order valence-electron chi connectivity index (χ3n) is 4.88. The van der Waals surface area contributed by atoms with Gasteiger partial charge in [0.05, 0.1) is 4.91 Å². The first-order valence-corrected chi connectivity index (χ1v) is 11.1. The topological polar surface area (TPSA) is 95.6 Å². The average Bonchev–Trinajstić information content (AvgIpc) is 3.05. The van der Waals surface area contributed by atoms with Crippen molar-refractivity contribution >= 4 is 40.8 Å². The second kappa shape index (κ2) is 10.8. The average molecular weight is 452 g/mol. The minimum absolute atomic E-state index is 0.0555. The summed E-state index contributed by atoms with van der Waals surface area (Å²) in [5.41, 5.74) is 1.30. The van der Waals surface area contributed by atoms with Crippen LogP contribution in [-0.4, -0.2) is 47.0 Å². The standard InChI is InChI=1S/C24H25N3O4S/c1-16(2)20(26-21(28)18-11-7-4-8-12-18)22(29)25-13-14-27-23(30)19(32-24(27)31)15-17-9-5-3-6-10-17/h3-12,15-16,20H,13-14H2,1-2H3,(H,25,29)(H,26,28). The van der Waals surface area contributed by atoms with Crippen LogP contribution in [0.2, 0.25) is 0 Å². The molecule has 7 nitrogen and oxygen atoms in total. The van der Waals surface area contributed by atoms with Crippen molar-refractivity contribution in [2.75, 3.05) is 13.1 Å². The molecule has 32 heavy (non-hydrogen) atoms. The Bertz CT molecular complexity index is 1020. The van der Waals surface area contributed by atoms with Gasteiger partial charge in [0.15, 0.2) is 0 Å². The van der Waals surface area contributed by atoms with Crippen LogP contribution in [0, 0.1) is 5.92 Å². The molecule has 0 aliphatic carbocycles. The molecule has 0 bridgehead atoms. The van der Waals surface area contributed by atoms with Gasteiger partial charge in [-0.3, -0.25) is 24.1 Å². The Kier molecular flexibility index (Phi) is 7.83. The lowest BCUT2D eigenvalue weighted by atomic mass is 10.0. The second-order valence-corrected chi connectivity index (χ2v) is 8.59. The zero-order chi connectivity index (χ0) is 23.1. The van der Waals surface area contributed by atoms with Crippen molar-refractivity contribution in [1.29, 1.82) is 0 Å². The summed E-state index contributed by atoms with van der Waals surface area (Å²) in [4.78, 5) is 51.4. The number of benzene rings is 2. The quantitative estimate of drug-likeness (QED) is 0.601. The molecular weight excluding hydrogens is 426 g/mol. The van der Waals surface area contributed by atoms with Crippen LogP contribution in [0.4, 0.5) is 4.79 Å². The Morgan fingerprint density at radius 1 is 1.00 bits per heavy atom. The number of thioether (sulfide) groups is 1. The lowest BCUT2D eigenvalue weighted by Crippen LogP contribution is -2.51. The number of carbonyl (C=O) groups is 4. The summed E-state index contributed by atoms with van der Waals surface area (Å²) in [6.07, 6.45) is 1.68. The lowest BCUT2D eigenvalue weighted by Gasteiger charge is -2.22. The maximum atomic E-state index is 12.7. The van der Waals surface area contributed by atoms with Gasteiger partial charge in [0.25, 0.3) is 17.1 Å². The molecule has 0 saturated carbocycles. The number of hydrogen-bond donors (Lipinski definition) is 2. The molecule has 0 radical (unpaired) electrons. The second-order valence-electron chi connectivity index (χ2n) is 7.60. The van der Waals surface area contributed by atoms with E-state index in [4.69, 9.17) is 0 Å². The van der Waals surface area contributed by atoms with E-state index < -0.39 is 6.04 Å². The van der Waals surface area contributed by atoms with Crippen molar-refractivity contribution in [2.24, 2.45) is 5.92 Å². The van der Waals surface area contributed by atoms with Gasteiger partial charge in [-0.2, -0.15) is 0 Å². The fourth-order valence-corrected chi connectivity index (χ4v) is 4.01. The SMILES string of the molecule is CC(C)C(NC(=O)c1ccccc1)C(=O)NCCN1C(=O)SC(=Cc2ccccc2)C1=O. The number of imide groups is 1. The third kappa shape index (κ3) is 5.85. The first kappa shape index (κ1) is 23.3. The Morgan fingerprint density at radius 3 is 2.25 bits per heavy atom. The molecule has 3 rings (SSSR count). The molecule has 4 amide bonds. The molecule has 2 aromatic rings. The molecule has 1 atom stereocenters. The van der Waals surface area contributed by atoms with Gasteiger partial charge in [0, 0.05) is 18.7 Å². The normalized spacial score (nSPS) is 15.8. The number of nitrogens with one attached hydrogen (secondary N) is 2. The molecule has 1 aliphatic heterocycles. The zero-order valence-corrected chi connectivity index (χ0v) is 18.7. The summed E-state index contributed by atoms with van der Waals surface area (Å²) < 4.78 is 0. The van der Waals surface area contributed by atoms with Crippen molar-refractivity contribution in [2.45, 2.75) is 19.9 Å². The van der Waals surface area contributed by atoms with Gasteiger partial charge < -0.3 is 10.6 Å². The van der Waals surface area contributed by atoms with Gasteiger partial charge in [0.2, 0.25) is 5.91 Å². The smallest absolute Gasteiger partial charge is 0.293 e. The van der Waals surface area contributed by atoms with E-state index in [0.717, 1.165) is 22.2 Å². The summed E-state index contributed by atoms with van der Waals surface area (Å²) in [6.45, 7) is 3.82. The summed E-state index contributed by atoms with van der Waals surface area (Å²) in [6, 6.07) is 17.2. The number of amides is 4. The molecule has 8 heteroatoms. The van der Waals surface area contributed by atoms with Gasteiger partial charge >= 0.3 is 0 Å². The van der Waals surface area contributed by atoms with E-state index >= 15 is 0 Å². The first-order chi connectivity index (χ1) is 15.4. The summed E-state index contributed by atoms with van der Waals surface area (Å²) in [5, 5.41) is 5.11. The molecule has 0 aromatic heterocycles. The van der Waals surface area contributed by atoms with Gasteiger partial charge in [-0.1, -0.05) is 62.4 Å². The van der Waals surface area contributed by atoms with Gasteiger partial charge in [-0.05, 0) is 41.5 Å². The van der Waals surface area contributed by atoms with Crippen LogP contribution in [0.15, 0.2) is 65.6 Å². The Hall–Kier alpha value is -3.39. The summed E-state index contributed by atoms with van der Waals surface area (Å²) in [5.74, 6) is -1.22. The highest BCUT2D eigenvalue weighted by atomic mass is 32.2. The third-order valence-corrected chi connectivity index (χ3v) is 5.78. The van der Waals surface area contributed by atoms with E-state index in [2.05, 4.69) is 10.6 Å². The monoisotopic (exact) mass is 451 g/mol. The van der Waals surface area contributed by atoms with Crippen LogP contribution in [-0.2, 0) is 9.59 Å². The number of carbonyl (C=O) groups excluding carboxylic acids is 4. The molecule has 2 aromatic carbocycles. The van der Waals surface area contributed by atoms with E-state index in [1.54, 1.807) is 30.3 Å². The van der Waals surface area contributed by atoms with Crippen molar-refractivity contribution in [3.05, 3.63) is 76.7 Å². The van der Waals surface area contributed by atoms with Crippen LogP contribution in [0.5, 0.6) is 0 Å². The highest BCUT2D eigenvalue weighted by Gasteiger charge is 2.35. The maximum absolute atomic E-state index is 12.7. The molecule has 0 spiro atoms. The van der Waals surface area contributed by atoms with Crippen molar-refractivity contribution < 1.29 is 19.2 Å². The highest BCUT2D eigenvalue weighted by Crippen LogP contribution is 2.31. The van der Waals surface area contributed by atoms with E-state index in [9.17, 15) is 19.2 Å². The largest absolute Gasteiger partial charge is 0.353 e. The predicted molar refractivity (Wildman–Crippen MR) is 125 cm³/mol.